The maximum Gasteiger partial charge on any atom is 0.309 e. The molecule has 0 amide bonds. The number of hydrogen-bond donors (Lipinski definition) is 0. The van der Waals surface area contributed by atoms with Gasteiger partial charge in [-0.2, -0.15) is 0 Å². The molecule has 0 rings (SSSR count). The monoisotopic (exact) mass is 496 g/mol. The van der Waals surface area contributed by atoms with Crippen LogP contribution in [0.25, 0.3) is 0 Å². The Hall–Kier alpha value is -1.06. The molecule has 0 aliphatic rings. The molecule has 35 heavy (non-hydrogen) atoms. The summed E-state index contributed by atoms with van der Waals surface area (Å²) in [4.78, 5) is 24.1. The fourth-order valence-corrected chi connectivity index (χ4v) is 4.60. The average molecular weight is 497 g/mol. The van der Waals surface area contributed by atoms with E-state index in [9.17, 15) is 9.59 Å². The molecule has 4 heteroatoms. The molecular formula is C31H60O4. The average Bonchev–Trinajstić information content (AvgIpc) is 2.85. The Bertz CT molecular complexity index is 477. The summed E-state index contributed by atoms with van der Waals surface area (Å²) >= 11 is 0. The van der Waals surface area contributed by atoms with Crippen LogP contribution in [0.3, 0.4) is 0 Å². The second-order valence-corrected chi connectivity index (χ2v) is 10.7. The van der Waals surface area contributed by atoms with Crippen molar-refractivity contribution in [3.05, 3.63) is 0 Å². The van der Waals surface area contributed by atoms with Crippen molar-refractivity contribution in [2.45, 2.75) is 175 Å². The second kappa shape index (κ2) is 26.0. The van der Waals surface area contributed by atoms with Crippen molar-refractivity contribution in [1.82, 2.24) is 0 Å². The third-order valence-corrected chi connectivity index (χ3v) is 7.32. The molecule has 0 aromatic rings. The summed E-state index contributed by atoms with van der Waals surface area (Å²) in [6.45, 7) is 6.86. The fraction of sp³-hybridized carbons (Fsp3) is 0.935. The largest absolute Gasteiger partial charge is 0.469 e. The summed E-state index contributed by atoms with van der Waals surface area (Å²) in [7, 11) is 1.40. The first kappa shape index (κ1) is 33.9. The van der Waals surface area contributed by atoms with E-state index in [1.54, 1.807) is 0 Å². The van der Waals surface area contributed by atoms with Crippen LogP contribution in [-0.4, -0.2) is 25.2 Å². The summed E-state index contributed by atoms with van der Waals surface area (Å²) in [5, 5.41) is 0. The van der Waals surface area contributed by atoms with E-state index in [-0.39, 0.29) is 24.5 Å². The zero-order valence-corrected chi connectivity index (χ0v) is 24.1. The van der Waals surface area contributed by atoms with Crippen LogP contribution in [0.1, 0.15) is 168 Å². The van der Waals surface area contributed by atoms with Crippen LogP contribution in [0.5, 0.6) is 0 Å². The summed E-state index contributed by atoms with van der Waals surface area (Å²) in [6, 6.07) is 0. The zero-order valence-electron chi connectivity index (χ0n) is 24.1. The Morgan fingerprint density at radius 2 is 1.06 bits per heavy atom. The van der Waals surface area contributed by atoms with E-state index in [4.69, 9.17) is 9.47 Å². The molecule has 4 nitrogen and oxygen atoms in total. The first-order valence-electron chi connectivity index (χ1n) is 15.3. The zero-order chi connectivity index (χ0) is 26.0. The Balaban J connectivity index is 3.83. The molecule has 2 unspecified atom stereocenters. The van der Waals surface area contributed by atoms with Crippen LogP contribution in [-0.2, 0) is 19.1 Å². The van der Waals surface area contributed by atoms with Gasteiger partial charge in [-0.15, -0.1) is 0 Å². The van der Waals surface area contributed by atoms with Crippen LogP contribution in [0, 0.1) is 5.92 Å². The number of esters is 2. The van der Waals surface area contributed by atoms with Gasteiger partial charge in [-0.3, -0.25) is 9.59 Å². The maximum atomic E-state index is 12.3. The van der Waals surface area contributed by atoms with Gasteiger partial charge in [0.05, 0.1) is 13.5 Å². The molecule has 0 aromatic carbocycles. The first-order chi connectivity index (χ1) is 17.0. The van der Waals surface area contributed by atoms with Gasteiger partial charge in [0, 0.05) is 6.42 Å². The van der Waals surface area contributed by atoms with Gasteiger partial charge >= 0.3 is 11.9 Å². The van der Waals surface area contributed by atoms with Crippen LogP contribution >= 0.6 is 0 Å². The van der Waals surface area contributed by atoms with E-state index in [1.807, 2.05) is 0 Å². The highest BCUT2D eigenvalue weighted by atomic mass is 16.6. The summed E-state index contributed by atoms with van der Waals surface area (Å²) in [6.07, 6.45) is 26.3. The van der Waals surface area contributed by atoms with E-state index < -0.39 is 0 Å². The summed E-state index contributed by atoms with van der Waals surface area (Å²) in [5.41, 5.74) is 0. The van der Waals surface area contributed by atoms with Gasteiger partial charge < -0.3 is 9.47 Å². The predicted octanol–water partition coefficient (Wildman–Crippen LogP) is 9.72. The molecule has 0 N–H and O–H groups in total. The minimum Gasteiger partial charge on any atom is -0.469 e. The van der Waals surface area contributed by atoms with E-state index >= 15 is 0 Å². The molecule has 0 bridgehead atoms. The number of methoxy groups -OCH3 is 1. The van der Waals surface area contributed by atoms with Crippen molar-refractivity contribution in [2.24, 2.45) is 5.92 Å². The molecule has 0 saturated heterocycles. The van der Waals surface area contributed by atoms with Crippen LogP contribution in [0.2, 0.25) is 0 Å². The Morgan fingerprint density at radius 3 is 1.54 bits per heavy atom. The minimum atomic E-state index is -0.335. The summed E-state index contributed by atoms with van der Waals surface area (Å²) in [5.74, 6) is 0.396. The lowest BCUT2D eigenvalue weighted by Crippen LogP contribution is -2.22. The molecular weight excluding hydrogens is 436 g/mol. The van der Waals surface area contributed by atoms with Crippen LogP contribution in [0.15, 0.2) is 0 Å². The highest BCUT2D eigenvalue weighted by molar-refractivity contribution is 5.72. The number of ether oxygens (including phenoxy) is 2. The lowest BCUT2D eigenvalue weighted by molar-refractivity contribution is -0.154. The number of unbranched alkanes of at least 4 members (excludes halogenated alkanes) is 16. The second-order valence-electron chi connectivity index (χ2n) is 10.7. The molecule has 0 aromatic heterocycles. The van der Waals surface area contributed by atoms with Crippen molar-refractivity contribution < 1.29 is 19.1 Å². The number of carbonyl (C=O) groups excluding carboxylic acids is 2. The third-order valence-electron chi connectivity index (χ3n) is 7.32. The van der Waals surface area contributed by atoms with E-state index in [1.165, 1.54) is 110 Å². The maximum absolute atomic E-state index is 12.3. The Labute approximate surface area is 218 Å². The normalized spacial score (nSPS) is 12.9. The molecule has 0 saturated carbocycles. The number of carbonyl (C=O) groups is 2. The van der Waals surface area contributed by atoms with Gasteiger partial charge in [0.2, 0.25) is 0 Å². The van der Waals surface area contributed by atoms with Crippen molar-refractivity contribution in [1.29, 1.82) is 0 Å². The molecule has 0 heterocycles. The van der Waals surface area contributed by atoms with Crippen molar-refractivity contribution in [3.8, 4) is 0 Å². The molecule has 208 valence electrons. The fourth-order valence-electron chi connectivity index (χ4n) is 4.60. The third kappa shape index (κ3) is 24.4. The predicted molar refractivity (Wildman–Crippen MR) is 149 cm³/mol. The Kier molecular flexibility index (Phi) is 25.2. The molecule has 0 spiro atoms. The van der Waals surface area contributed by atoms with Crippen molar-refractivity contribution in [2.75, 3.05) is 7.11 Å². The quantitative estimate of drug-likeness (QED) is 0.0883. The minimum absolute atomic E-state index is 0.156. The smallest absolute Gasteiger partial charge is 0.309 e. The van der Waals surface area contributed by atoms with Gasteiger partial charge in [0.1, 0.15) is 6.10 Å². The first-order valence-corrected chi connectivity index (χ1v) is 15.3. The highest BCUT2D eigenvalue weighted by Crippen LogP contribution is 2.17. The lowest BCUT2D eigenvalue weighted by atomic mass is 9.99. The lowest BCUT2D eigenvalue weighted by Gasteiger charge is -2.17. The van der Waals surface area contributed by atoms with Crippen LogP contribution < -0.4 is 0 Å². The van der Waals surface area contributed by atoms with Gasteiger partial charge in [0.25, 0.3) is 0 Å². The molecule has 0 fully saturated rings. The molecule has 0 aliphatic heterocycles. The number of rotatable bonds is 26. The van der Waals surface area contributed by atoms with Crippen molar-refractivity contribution >= 4 is 11.9 Å². The summed E-state index contributed by atoms with van der Waals surface area (Å²) < 4.78 is 10.5. The molecule has 2 atom stereocenters. The molecule has 0 aliphatic carbocycles. The van der Waals surface area contributed by atoms with Gasteiger partial charge in [-0.05, 0) is 25.2 Å². The SMILES string of the molecule is CCCCCCCCCCCCCCC(=O)OC(CCCCCCCCC(C)CC)CC(=O)OC. The van der Waals surface area contributed by atoms with Gasteiger partial charge in [-0.25, -0.2) is 0 Å². The van der Waals surface area contributed by atoms with E-state index in [0.29, 0.717) is 6.42 Å². The molecule has 0 radical (unpaired) electrons. The topological polar surface area (TPSA) is 52.6 Å². The highest BCUT2D eigenvalue weighted by Gasteiger charge is 2.18. The Morgan fingerprint density at radius 1 is 0.600 bits per heavy atom. The van der Waals surface area contributed by atoms with E-state index in [2.05, 4.69) is 20.8 Å². The van der Waals surface area contributed by atoms with Crippen LogP contribution in [0.4, 0.5) is 0 Å². The van der Waals surface area contributed by atoms with E-state index in [0.717, 1.165) is 38.0 Å². The van der Waals surface area contributed by atoms with Gasteiger partial charge in [-0.1, -0.05) is 136 Å². The van der Waals surface area contributed by atoms with Gasteiger partial charge in [0.15, 0.2) is 0 Å². The van der Waals surface area contributed by atoms with Crippen molar-refractivity contribution in [3.63, 3.8) is 0 Å². The number of hydrogen-bond acceptors (Lipinski definition) is 4. The standard InChI is InChI=1S/C31H60O4/c1-5-7-8-9-10-11-12-13-14-15-20-23-26-30(32)35-29(27-31(33)34-4)25-22-19-17-16-18-21-24-28(3)6-2/h28-29H,5-27H2,1-4H3.